The topological polar surface area (TPSA) is 53.1 Å². The minimum Gasteiger partial charge on any atom is -0.484 e. The smallest absolute Gasteiger partial charge is 0.165 e. The van der Waals surface area contributed by atoms with Crippen molar-refractivity contribution < 1.29 is 9.13 Å². The van der Waals surface area contributed by atoms with E-state index in [4.69, 9.17) is 10.5 Å². The number of nitrogens with two attached hydrogens (primary N) is 1. The summed E-state index contributed by atoms with van der Waals surface area (Å²) in [6.07, 6.45) is 3.36. The van der Waals surface area contributed by atoms with Crippen LogP contribution in [-0.2, 0) is 13.7 Å². The van der Waals surface area contributed by atoms with Crippen molar-refractivity contribution in [3.63, 3.8) is 0 Å². The van der Waals surface area contributed by atoms with Gasteiger partial charge in [-0.25, -0.2) is 9.37 Å². The third-order valence-electron chi connectivity index (χ3n) is 2.77. The van der Waals surface area contributed by atoms with Gasteiger partial charge in [-0.1, -0.05) is 6.07 Å². The lowest BCUT2D eigenvalue weighted by molar-refractivity contribution is 0.282. The van der Waals surface area contributed by atoms with Gasteiger partial charge in [-0.2, -0.15) is 0 Å². The van der Waals surface area contributed by atoms with Crippen LogP contribution in [0.1, 0.15) is 24.2 Å². The summed E-state index contributed by atoms with van der Waals surface area (Å²) in [5.74, 6) is -0.174. The molecule has 0 radical (unpaired) electrons. The number of hydrogen-bond donors (Lipinski definition) is 1. The highest BCUT2D eigenvalue weighted by Crippen LogP contribution is 2.21. The molecule has 4 nitrogen and oxygen atoms in total. The molecule has 18 heavy (non-hydrogen) atoms. The Morgan fingerprint density at radius 2 is 2.28 bits per heavy atom. The van der Waals surface area contributed by atoms with Gasteiger partial charge < -0.3 is 15.0 Å². The number of aryl methyl sites for hydroxylation is 1. The quantitative estimate of drug-likeness (QED) is 0.903. The number of nitrogens with zero attached hydrogens (tertiary/aromatic N) is 2. The standard InChI is InChI=1S/C13H16FN3O/c1-9(15)10-3-4-13(12(14)5-10)18-7-11-6-16-8-17(11)2/h3-6,8-9H,7,15H2,1-2H3/t9-/m0/s1. The Labute approximate surface area is 105 Å². The van der Waals surface area contributed by atoms with E-state index in [9.17, 15) is 4.39 Å². The van der Waals surface area contributed by atoms with Gasteiger partial charge in [0.25, 0.3) is 0 Å². The highest BCUT2D eigenvalue weighted by molar-refractivity contribution is 5.30. The molecule has 0 aliphatic carbocycles. The minimum atomic E-state index is -0.396. The van der Waals surface area contributed by atoms with Gasteiger partial charge in [-0.05, 0) is 24.6 Å². The van der Waals surface area contributed by atoms with Crippen molar-refractivity contribution in [1.29, 1.82) is 0 Å². The molecule has 0 unspecified atom stereocenters. The van der Waals surface area contributed by atoms with Crippen LogP contribution < -0.4 is 10.5 Å². The predicted octanol–water partition coefficient (Wildman–Crippen LogP) is 2.16. The zero-order chi connectivity index (χ0) is 13.1. The third-order valence-corrected chi connectivity index (χ3v) is 2.77. The molecule has 1 atom stereocenters. The molecule has 2 rings (SSSR count). The summed E-state index contributed by atoms with van der Waals surface area (Å²) in [5.41, 5.74) is 7.32. The SMILES string of the molecule is C[C@H](N)c1ccc(OCc2cncn2C)c(F)c1. The van der Waals surface area contributed by atoms with Crippen LogP contribution in [-0.4, -0.2) is 9.55 Å². The van der Waals surface area contributed by atoms with Gasteiger partial charge >= 0.3 is 0 Å². The van der Waals surface area contributed by atoms with E-state index < -0.39 is 5.82 Å². The molecule has 1 heterocycles. The average molecular weight is 249 g/mol. The van der Waals surface area contributed by atoms with Gasteiger partial charge in [0, 0.05) is 13.1 Å². The summed E-state index contributed by atoms with van der Waals surface area (Å²) >= 11 is 0. The van der Waals surface area contributed by atoms with E-state index in [0.717, 1.165) is 11.3 Å². The number of imidazole rings is 1. The number of aromatic nitrogens is 2. The highest BCUT2D eigenvalue weighted by Gasteiger charge is 2.08. The second-order valence-corrected chi connectivity index (χ2v) is 4.26. The Kier molecular flexibility index (Phi) is 3.62. The summed E-state index contributed by atoms with van der Waals surface area (Å²) in [6.45, 7) is 2.09. The van der Waals surface area contributed by atoms with Gasteiger partial charge in [0.1, 0.15) is 6.61 Å². The molecule has 0 spiro atoms. The van der Waals surface area contributed by atoms with E-state index in [2.05, 4.69) is 4.98 Å². The van der Waals surface area contributed by atoms with E-state index in [1.807, 2.05) is 18.5 Å². The average Bonchev–Trinajstić information content (AvgIpc) is 2.73. The number of ether oxygens (including phenoxy) is 1. The summed E-state index contributed by atoms with van der Waals surface area (Å²) < 4.78 is 21.0. The van der Waals surface area contributed by atoms with Crippen LogP contribution in [0.5, 0.6) is 5.75 Å². The molecule has 1 aromatic carbocycles. The number of rotatable bonds is 4. The Balaban J connectivity index is 2.08. The lowest BCUT2D eigenvalue weighted by atomic mass is 10.1. The zero-order valence-electron chi connectivity index (χ0n) is 10.4. The first-order chi connectivity index (χ1) is 8.58. The second kappa shape index (κ2) is 5.18. The van der Waals surface area contributed by atoms with Crippen LogP contribution in [0.25, 0.3) is 0 Å². The maximum absolute atomic E-state index is 13.7. The lowest BCUT2D eigenvalue weighted by Gasteiger charge is -2.10. The first kappa shape index (κ1) is 12.6. The molecule has 1 aromatic heterocycles. The van der Waals surface area contributed by atoms with Crippen LogP contribution in [0, 0.1) is 5.82 Å². The Morgan fingerprint density at radius 3 is 2.83 bits per heavy atom. The summed E-state index contributed by atoms with van der Waals surface area (Å²) in [6, 6.07) is 4.59. The van der Waals surface area contributed by atoms with Gasteiger partial charge in [-0.15, -0.1) is 0 Å². The number of halogens is 1. The zero-order valence-corrected chi connectivity index (χ0v) is 10.4. The van der Waals surface area contributed by atoms with Crippen LogP contribution in [0.3, 0.4) is 0 Å². The minimum absolute atomic E-state index is 0.189. The molecule has 2 N–H and O–H groups in total. The molecule has 2 aromatic rings. The molecule has 0 saturated heterocycles. The fourth-order valence-electron chi connectivity index (χ4n) is 1.59. The molecule has 0 amide bonds. The van der Waals surface area contributed by atoms with E-state index >= 15 is 0 Å². The van der Waals surface area contributed by atoms with Crippen molar-refractivity contribution in [2.24, 2.45) is 12.8 Å². The molecule has 5 heteroatoms. The largest absolute Gasteiger partial charge is 0.484 e. The molecule has 0 saturated carbocycles. The summed E-state index contributed by atoms with van der Waals surface area (Å²) in [5, 5.41) is 0. The monoisotopic (exact) mass is 249 g/mol. The van der Waals surface area contributed by atoms with Crippen LogP contribution >= 0.6 is 0 Å². The third kappa shape index (κ3) is 2.68. The van der Waals surface area contributed by atoms with E-state index in [0.29, 0.717) is 0 Å². The van der Waals surface area contributed by atoms with E-state index in [-0.39, 0.29) is 18.4 Å². The first-order valence-corrected chi connectivity index (χ1v) is 5.71. The molecule has 0 bridgehead atoms. The second-order valence-electron chi connectivity index (χ2n) is 4.26. The van der Waals surface area contributed by atoms with Gasteiger partial charge in [0.05, 0.1) is 18.2 Å². The molecular formula is C13H16FN3O. The normalized spacial score (nSPS) is 12.4. The van der Waals surface area contributed by atoms with Crippen molar-refractivity contribution in [3.8, 4) is 5.75 Å². The maximum Gasteiger partial charge on any atom is 0.165 e. The molecular weight excluding hydrogens is 233 g/mol. The van der Waals surface area contributed by atoms with Gasteiger partial charge in [0.2, 0.25) is 0 Å². The Hall–Kier alpha value is -1.88. The van der Waals surface area contributed by atoms with Gasteiger partial charge in [-0.3, -0.25) is 0 Å². The van der Waals surface area contributed by atoms with Crippen LogP contribution in [0.4, 0.5) is 4.39 Å². The van der Waals surface area contributed by atoms with Crippen molar-refractivity contribution in [2.75, 3.05) is 0 Å². The van der Waals surface area contributed by atoms with Crippen LogP contribution in [0.2, 0.25) is 0 Å². The Morgan fingerprint density at radius 1 is 1.50 bits per heavy atom. The summed E-state index contributed by atoms with van der Waals surface area (Å²) in [7, 11) is 1.86. The maximum atomic E-state index is 13.7. The Bertz CT molecular complexity index is 537. The van der Waals surface area contributed by atoms with Crippen LogP contribution in [0.15, 0.2) is 30.7 Å². The highest BCUT2D eigenvalue weighted by atomic mass is 19.1. The first-order valence-electron chi connectivity index (χ1n) is 5.71. The van der Waals surface area contributed by atoms with Crippen molar-refractivity contribution in [3.05, 3.63) is 47.8 Å². The van der Waals surface area contributed by atoms with Gasteiger partial charge in [0.15, 0.2) is 11.6 Å². The van der Waals surface area contributed by atoms with E-state index in [1.54, 1.807) is 24.7 Å². The summed E-state index contributed by atoms with van der Waals surface area (Å²) in [4.78, 5) is 3.97. The van der Waals surface area contributed by atoms with Crippen molar-refractivity contribution in [2.45, 2.75) is 19.6 Å². The van der Waals surface area contributed by atoms with Crippen molar-refractivity contribution >= 4 is 0 Å². The molecule has 0 aliphatic heterocycles. The fraction of sp³-hybridized carbons (Fsp3) is 0.308. The molecule has 0 fully saturated rings. The van der Waals surface area contributed by atoms with E-state index in [1.165, 1.54) is 6.07 Å². The number of benzene rings is 1. The van der Waals surface area contributed by atoms with Crippen molar-refractivity contribution in [1.82, 2.24) is 9.55 Å². The fourth-order valence-corrected chi connectivity index (χ4v) is 1.59. The lowest BCUT2D eigenvalue weighted by Crippen LogP contribution is -2.06. The molecule has 96 valence electrons. The number of hydrogen-bond acceptors (Lipinski definition) is 3. The molecule has 0 aliphatic rings. The predicted molar refractivity (Wildman–Crippen MR) is 66.5 cm³/mol.